The van der Waals surface area contributed by atoms with Gasteiger partial charge in [-0.15, -0.1) is 0 Å². The zero-order valence-electron chi connectivity index (χ0n) is 17.9. The molecule has 156 valence electrons. The van der Waals surface area contributed by atoms with Crippen LogP contribution in [0.5, 0.6) is 0 Å². The van der Waals surface area contributed by atoms with Crippen molar-refractivity contribution in [3.05, 3.63) is 60.4 Å². The van der Waals surface area contributed by atoms with Crippen molar-refractivity contribution >= 4 is 12.0 Å². The normalized spacial score (nSPS) is 35.7. The summed E-state index contributed by atoms with van der Waals surface area (Å²) < 4.78 is 5.70. The van der Waals surface area contributed by atoms with Gasteiger partial charge in [0.15, 0.2) is 0 Å². The van der Waals surface area contributed by atoms with Crippen LogP contribution in [0.4, 0.5) is 0 Å². The number of benzene rings is 1. The maximum Gasteiger partial charge on any atom is 0.309 e. The first-order chi connectivity index (χ1) is 14.6. The number of hydrogen-bond donors (Lipinski definition) is 0. The van der Waals surface area contributed by atoms with Crippen LogP contribution in [0.3, 0.4) is 0 Å². The first kappa shape index (κ1) is 19.5. The third-order valence-corrected chi connectivity index (χ3v) is 7.79. The Morgan fingerprint density at radius 2 is 1.83 bits per heavy atom. The number of hydrogen-bond acceptors (Lipinski definition) is 3. The van der Waals surface area contributed by atoms with E-state index in [-0.39, 0.29) is 18.0 Å². The summed E-state index contributed by atoms with van der Waals surface area (Å²) in [4.78, 5) is 17.2. The van der Waals surface area contributed by atoms with E-state index in [4.69, 9.17) is 9.72 Å². The number of aromatic nitrogens is 1. The molecule has 1 aliphatic heterocycles. The molecule has 3 nitrogen and oxygen atoms in total. The molecule has 1 aromatic carbocycles. The van der Waals surface area contributed by atoms with Gasteiger partial charge in [-0.05, 0) is 67.6 Å². The lowest BCUT2D eigenvalue weighted by atomic mass is 9.56. The van der Waals surface area contributed by atoms with Crippen LogP contribution >= 0.6 is 0 Å². The topological polar surface area (TPSA) is 39.2 Å². The van der Waals surface area contributed by atoms with Gasteiger partial charge in [0.2, 0.25) is 0 Å². The van der Waals surface area contributed by atoms with Crippen molar-refractivity contribution in [3.63, 3.8) is 0 Å². The van der Waals surface area contributed by atoms with Crippen molar-refractivity contribution in [1.29, 1.82) is 0 Å². The zero-order chi connectivity index (χ0) is 20.7. The van der Waals surface area contributed by atoms with E-state index in [0.29, 0.717) is 23.7 Å². The third kappa shape index (κ3) is 3.59. The number of fused-ring (bicyclic) bond motifs is 2. The highest BCUT2D eigenvalue weighted by molar-refractivity contribution is 5.75. The standard InChI is InChI=1S/C27H31NO2/c1-17-8-12-23-21(14-17)15-25-26(18(2)30-27(25)29)24(23)13-11-22-10-9-20(16-28-22)19-6-4-3-5-7-19/h3-7,9-11,13,16-18,21,23-26H,8,12,14-15H2,1-2H3/b13-11+/t17-,18-,21+,23-,24+,25-,26+/m1/s1. The molecule has 5 rings (SSSR count). The predicted molar refractivity (Wildman–Crippen MR) is 119 cm³/mol. The fourth-order valence-electron chi connectivity index (χ4n) is 6.37. The Hall–Kier alpha value is -2.42. The molecule has 0 bridgehead atoms. The molecule has 2 saturated carbocycles. The minimum Gasteiger partial charge on any atom is -0.462 e. The van der Waals surface area contributed by atoms with Gasteiger partial charge in [-0.2, -0.15) is 0 Å². The Morgan fingerprint density at radius 3 is 2.60 bits per heavy atom. The molecule has 0 N–H and O–H groups in total. The molecule has 0 amide bonds. The molecule has 1 saturated heterocycles. The van der Waals surface area contributed by atoms with E-state index in [1.165, 1.54) is 24.8 Å². The average molecular weight is 402 g/mol. The smallest absolute Gasteiger partial charge is 0.309 e. The van der Waals surface area contributed by atoms with Gasteiger partial charge in [0.25, 0.3) is 0 Å². The van der Waals surface area contributed by atoms with E-state index in [9.17, 15) is 4.79 Å². The van der Waals surface area contributed by atoms with E-state index in [2.05, 4.69) is 62.4 Å². The molecule has 2 aliphatic carbocycles. The fourth-order valence-corrected chi connectivity index (χ4v) is 6.37. The van der Waals surface area contributed by atoms with Crippen molar-refractivity contribution in [2.75, 3.05) is 0 Å². The van der Waals surface area contributed by atoms with E-state index in [0.717, 1.165) is 23.6 Å². The molecule has 2 heterocycles. The molecule has 0 unspecified atom stereocenters. The predicted octanol–water partition coefficient (Wildman–Crippen LogP) is 6.01. The van der Waals surface area contributed by atoms with Crippen LogP contribution in [0.2, 0.25) is 0 Å². The van der Waals surface area contributed by atoms with Gasteiger partial charge in [0, 0.05) is 17.7 Å². The van der Waals surface area contributed by atoms with Crippen LogP contribution in [-0.2, 0) is 9.53 Å². The van der Waals surface area contributed by atoms with E-state index in [1.54, 1.807) is 0 Å². The van der Waals surface area contributed by atoms with Crippen LogP contribution in [0, 0.1) is 35.5 Å². The number of cyclic esters (lactones) is 1. The lowest BCUT2D eigenvalue weighted by Gasteiger charge is -2.47. The largest absolute Gasteiger partial charge is 0.462 e. The Kier molecular flexibility index (Phi) is 5.22. The van der Waals surface area contributed by atoms with Crippen LogP contribution in [0.25, 0.3) is 17.2 Å². The summed E-state index contributed by atoms with van der Waals surface area (Å²) in [6.07, 6.45) is 11.3. The first-order valence-electron chi connectivity index (χ1n) is 11.5. The molecular formula is C27H31NO2. The molecule has 3 heteroatoms. The summed E-state index contributed by atoms with van der Waals surface area (Å²) in [5, 5.41) is 0. The van der Waals surface area contributed by atoms with E-state index in [1.807, 2.05) is 12.3 Å². The molecule has 2 aromatic rings. The maximum absolute atomic E-state index is 12.5. The molecule has 3 fully saturated rings. The van der Waals surface area contributed by atoms with E-state index >= 15 is 0 Å². The summed E-state index contributed by atoms with van der Waals surface area (Å²) in [6.45, 7) is 4.45. The van der Waals surface area contributed by atoms with Gasteiger partial charge in [0.05, 0.1) is 11.6 Å². The second kappa shape index (κ2) is 8.02. The Labute approximate surface area is 179 Å². The lowest BCUT2D eigenvalue weighted by Crippen LogP contribution is -2.43. The highest BCUT2D eigenvalue weighted by Gasteiger charge is 2.54. The molecule has 0 radical (unpaired) electrons. The third-order valence-electron chi connectivity index (χ3n) is 7.79. The number of rotatable bonds is 3. The number of pyridine rings is 1. The molecule has 0 spiro atoms. The van der Waals surface area contributed by atoms with Crippen LogP contribution < -0.4 is 0 Å². The number of esters is 1. The summed E-state index contributed by atoms with van der Waals surface area (Å²) in [6, 6.07) is 14.6. The number of allylic oxidation sites excluding steroid dienone is 1. The Morgan fingerprint density at radius 1 is 1.00 bits per heavy atom. The van der Waals surface area contributed by atoms with Gasteiger partial charge < -0.3 is 4.74 Å². The monoisotopic (exact) mass is 401 g/mol. The highest BCUT2D eigenvalue weighted by Crippen LogP contribution is 2.54. The zero-order valence-corrected chi connectivity index (χ0v) is 17.9. The average Bonchev–Trinajstić information content (AvgIpc) is 3.05. The van der Waals surface area contributed by atoms with Crippen LogP contribution in [0.15, 0.2) is 54.7 Å². The van der Waals surface area contributed by atoms with Gasteiger partial charge in [-0.3, -0.25) is 9.78 Å². The summed E-state index contributed by atoms with van der Waals surface area (Å²) >= 11 is 0. The molecular weight excluding hydrogens is 370 g/mol. The van der Waals surface area contributed by atoms with Crippen molar-refractivity contribution < 1.29 is 9.53 Å². The second-order valence-corrected chi connectivity index (χ2v) is 9.68. The quantitative estimate of drug-likeness (QED) is 0.591. The maximum atomic E-state index is 12.5. The first-order valence-corrected chi connectivity index (χ1v) is 11.5. The SMILES string of the molecule is C[C@@H]1CC[C@@H]2[C@@H](C1)C[C@H]1C(=O)O[C@H](C)[C@H]1[C@H]2/C=C/c1ccc(-c2ccccc2)cn1. The van der Waals surface area contributed by atoms with E-state index < -0.39 is 0 Å². The molecule has 1 aromatic heterocycles. The fraction of sp³-hybridized carbons (Fsp3) is 0.481. The van der Waals surface area contributed by atoms with Crippen molar-refractivity contribution in [3.8, 4) is 11.1 Å². The van der Waals surface area contributed by atoms with Gasteiger partial charge in [-0.25, -0.2) is 0 Å². The summed E-state index contributed by atoms with van der Waals surface area (Å²) in [7, 11) is 0. The van der Waals surface area contributed by atoms with Gasteiger partial charge >= 0.3 is 5.97 Å². The van der Waals surface area contributed by atoms with Crippen molar-refractivity contribution in [2.24, 2.45) is 35.5 Å². The van der Waals surface area contributed by atoms with Crippen molar-refractivity contribution in [1.82, 2.24) is 4.98 Å². The Balaban J connectivity index is 1.39. The van der Waals surface area contributed by atoms with Gasteiger partial charge in [-0.1, -0.05) is 55.8 Å². The Bertz CT molecular complexity index is 920. The molecule has 3 aliphatic rings. The van der Waals surface area contributed by atoms with Crippen LogP contribution in [-0.4, -0.2) is 17.1 Å². The number of ether oxygens (including phenoxy) is 1. The van der Waals surface area contributed by atoms with Crippen molar-refractivity contribution in [2.45, 2.75) is 45.6 Å². The number of nitrogens with zero attached hydrogens (tertiary/aromatic N) is 1. The van der Waals surface area contributed by atoms with Gasteiger partial charge in [0.1, 0.15) is 6.10 Å². The summed E-state index contributed by atoms with van der Waals surface area (Å²) in [5.74, 6) is 2.91. The minimum absolute atomic E-state index is 0.0193. The molecule has 30 heavy (non-hydrogen) atoms. The lowest BCUT2D eigenvalue weighted by molar-refractivity contribution is -0.144. The second-order valence-electron chi connectivity index (χ2n) is 9.68. The number of carbonyl (C=O) groups excluding carboxylic acids is 1. The number of carbonyl (C=O) groups is 1. The summed E-state index contributed by atoms with van der Waals surface area (Å²) in [5.41, 5.74) is 3.30. The van der Waals surface area contributed by atoms with Crippen LogP contribution in [0.1, 0.15) is 45.2 Å². The highest BCUT2D eigenvalue weighted by atomic mass is 16.6. The molecule has 7 atom stereocenters. The minimum atomic E-state index is 0.0193.